The number of Topliss-reactive ketones (excluding diaryl/α,β-unsaturated/α-hetero) is 1. The van der Waals surface area contributed by atoms with Crippen LogP contribution in [0.1, 0.15) is 46.2 Å². The fourth-order valence-electron chi connectivity index (χ4n) is 2.71. The van der Waals surface area contributed by atoms with E-state index in [9.17, 15) is 9.59 Å². The zero-order chi connectivity index (χ0) is 19.2. The van der Waals surface area contributed by atoms with Gasteiger partial charge in [0.15, 0.2) is 5.78 Å². The number of nitrogens with zero attached hydrogens (tertiary/aromatic N) is 1. The Morgan fingerprint density at radius 1 is 0.926 bits per heavy atom. The molecule has 2 N–H and O–H groups in total. The Morgan fingerprint density at radius 3 is 2.44 bits per heavy atom. The fraction of sp³-hybridized carbons (Fsp3) is 0.136. The van der Waals surface area contributed by atoms with Gasteiger partial charge < -0.3 is 10.6 Å². The first-order valence-electron chi connectivity index (χ1n) is 8.73. The van der Waals surface area contributed by atoms with Crippen molar-refractivity contribution in [1.29, 1.82) is 0 Å². The van der Waals surface area contributed by atoms with Gasteiger partial charge in [-0.05, 0) is 43.7 Å². The number of aromatic nitrogens is 1. The van der Waals surface area contributed by atoms with E-state index in [4.69, 9.17) is 0 Å². The van der Waals surface area contributed by atoms with E-state index >= 15 is 0 Å². The molecule has 1 heterocycles. The Bertz CT molecular complexity index is 955. The van der Waals surface area contributed by atoms with Gasteiger partial charge in [0.25, 0.3) is 5.91 Å². The number of carbonyl (C=O) groups excluding carboxylic acids is 2. The zero-order valence-corrected chi connectivity index (χ0v) is 15.3. The van der Waals surface area contributed by atoms with Crippen molar-refractivity contribution < 1.29 is 9.59 Å². The number of amides is 1. The lowest BCUT2D eigenvalue weighted by Crippen LogP contribution is -2.26. The molecule has 1 unspecified atom stereocenters. The maximum absolute atomic E-state index is 12.6. The van der Waals surface area contributed by atoms with Gasteiger partial charge in [0, 0.05) is 23.0 Å². The number of nitrogens with one attached hydrogen (secondary N) is 2. The first-order chi connectivity index (χ1) is 13.0. The van der Waals surface area contributed by atoms with Crippen molar-refractivity contribution in [2.24, 2.45) is 0 Å². The third-order valence-electron chi connectivity index (χ3n) is 4.21. The summed E-state index contributed by atoms with van der Waals surface area (Å²) in [7, 11) is 0. The molecule has 1 amide bonds. The lowest BCUT2D eigenvalue weighted by atomic mass is 10.1. The average molecular weight is 359 g/mol. The number of hydrogen-bond acceptors (Lipinski definition) is 4. The SMILES string of the molecule is CC(=O)c1cccc(Nc2cc(C(=O)NC(C)c3ccccc3)ccn2)c1. The van der Waals surface area contributed by atoms with Crippen LogP contribution in [0.15, 0.2) is 72.9 Å². The van der Waals surface area contributed by atoms with Crippen LogP contribution in [-0.4, -0.2) is 16.7 Å². The highest BCUT2D eigenvalue weighted by atomic mass is 16.1. The Kier molecular flexibility index (Phi) is 5.61. The summed E-state index contributed by atoms with van der Waals surface area (Å²) in [4.78, 5) is 28.3. The van der Waals surface area contributed by atoms with Gasteiger partial charge in [0.2, 0.25) is 0 Å². The molecule has 27 heavy (non-hydrogen) atoms. The molecule has 5 heteroatoms. The lowest BCUT2D eigenvalue weighted by molar-refractivity contribution is 0.0939. The molecule has 3 aromatic rings. The monoisotopic (exact) mass is 359 g/mol. The largest absolute Gasteiger partial charge is 0.346 e. The molecule has 0 bridgehead atoms. The minimum Gasteiger partial charge on any atom is -0.346 e. The molecule has 0 spiro atoms. The number of anilines is 2. The highest BCUT2D eigenvalue weighted by Crippen LogP contribution is 2.18. The second-order valence-corrected chi connectivity index (χ2v) is 6.30. The lowest BCUT2D eigenvalue weighted by Gasteiger charge is -2.15. The van der Waals surface area contributed by atoms with Gasteiger partial charge >= 0.3 is 0 Å². The maximum Gasteiger partial charge on any atom is 0.251 e. The molecule has 1 aromatic heterocycles. The molecule has 0 saturated carbocycles. The number of ketones is 1. The molecule has 0 saturated heterocycles. The second kappa shape index (κ2) is 8.27. The van der Waals surface area contributed by atoms with Crippen LogP contribution in [0.4, 0.5) is 11.5 Å². The van der Waals surface area contributed by atoms with E-state index in [2.05, 4.69) is 15.6 Å². The van der Waals surface area contributed by atoms with Crippen molar-refractivity contribution in [3.63, 3.8) is 0 Å². The van der Waals surface area contributed by atoms with Crippen LogP contribution in [0.2, 0.25) is 0 Å². The summed E-state index contributed by atoms with van der Waals surface area (Å²) in [5.41, 5.74) is 2.91. The molecule has 0 aliphatic carbocycles. The number of pyridine rings is 1. The summed E-state index contributed by atoms with van der Waals surface area (Å²) in [5, 5.41) is 6.12. The Morgan fingerprint density at radius 2 is 1.70 bits per heavy atom. The van der Waals surface area contributed by atoms with Gasteiger partial charge in [0.05, 0.1) is 6.04 Å². The van der Waals surface area contributed by atoms with Crippen LogP contribution in [0.3, 0.4) is 0 Å². The molecule has 0 aliphatic rings. The van der Waals surface area contributed by atoms with Crippen molar-refractivity contribution in [1.82, 2.24) is 10.3 Å². The highest BCUT2D eigenvalue weighted by molar-refractivity contribution is 5.96. The topological polar surface area (TPSA) is 71.1 Å². The molecule has 2 aromatic carbocycles. The molecule has 0 aliphatic heterocycles. The van der Waals surface area contributed by atoms with Crippen LogP contribution >= 0.6 is 0 Å². The van der Waals surface area contributed by atoms with Gasteiger partial charge in [-0.15, -0.1) is 0 Å². The summed E-state index contributed by atoms with van der Waals surface area (Å²) in [6.07, 6.45) is 1.58. The van der Waals surface area contributed by atoms with Crippen LogP contribution in [0.25, 0.3) is 0 Å². The standard InChI is InChI=1S/C22H21N3O2/c1-15(17-7-4-3-5-8-17)24-22(27)19-11-12-23-21(14-19)25-20-10-6-9-18(13-20)16(2)26/h3-15H,1-2H3,(H,23,25)(H,24,27). The van der Waals surface area contributed by atoms with E-state index in [-0.39, 0.29) is 17.7 Å². The first kappa shape index (κ1) is 18.3. The van der Waals surface area contributed by atoms with Crippen molar-refractivity contribution in [2.45, 2.75) is 19.9 Å². The molecule has 136 valence electrons. The normalized spacial score (nSPS) is 11.5. The molecule has 0 radical (unpaired) electrons. The predicted octanol–water partition coefficient (Wildman–Crippen LogP) is 4.52. The molecule has 5 nitrogen and oxygen atoms in total. The van der Waals surface area contributed by atoms with Crippen molar-refractivity contribution in [3.05, 3.63) is 89.6 Å². The van der Waals surface area contributed by atoms with Gasteiger partial charge in [-0.25, -0.2) is 4.98 Å². The van der Waals surface area contributed by atoms with Gasteiger partial charge in [-0.3, -0.25) is 9.59 Å². The minimum atomic E-state index is -0.172. The van der Waals surface area contributed by atoms with Gasteiger partial charge in [0.1, 0.15) is 5.82 Å². The van der Waals surface area contributed by atoms with Crippen molar-refractivity contribution in [2.75, 3.05) is 5.32 Å². The van der Waals surface area contributed by atoms with Crippen LogP contribution < -0.4 is 10.6 Å². The fourth-order valence-corrected chi connectivity index (χ4v) is 2.71. The summed E-state index contributed by atoms with van der Waals surface area (Å²) in [6.45, 7) is 3.47. The van der Waals surface area contributed by atoms with Crippen LogP contribution in [-0.2, 0) is 0 Å². The van der Waals surface area contributed by atoms with E-state index in [1.165, 1.54) is 6.92 Å². The molecule has 1 atom stereocenters. The number of benzene rings is 2. The quantitative estimate of drug-likeness (QED) is 0.635. The van der Waals surface area contributed by atoms with E-state index in [1.807, 2.05) is 43.3 Å². The highest BCUT2D eigenvalue weighted by Gasteiger charge is 2.12. The average Bonchev–Trinajstić information content (AvgIpc) is 2.69. The van der Waals surface area contributed by atoms with Gasteiger partial charge in [-0.2, -0.15) is 0 Å². The summed E-state index contributed by atoms with van der Waals surface area (Å²) in [6, 6.07) is 20.2. The van der Waals surface area contributed by atoms with E-state index in [0.29, 0.717) is 16.9 Å². The Labute approximate surface area is 158 Å². The number of hydrogen-bond donors (Lipinski definition) is 2. The number of rotatable bonds is 6. The van der Waals surface area contributed by atoms with Crippen LogP contribution in [0.5, 0.6) is 0 Å². The molecular weight excluding hydrogens is 338 g/mol. The van der Waals surface area contributed by atoms with Crippen molar-refractivity contribution in [3.8, 4) is 0 Å². The maximum atomic E-state index is 12.6. The molecule has 0 fully saturated rings. The van der Waals surface area contributed by atoms with E-state index in [0.717, 1.165) is 11.3 Å². The summed E-state index contributed by atoms with van der Waals surface area (Å²) < 4.78 is 0. The third kappa shape index (κ3) is 4.79. The zero-order valence-electron chi connectivity index (χ0n) is 15.3. The smallest absolute Gasteiger partial charge is 0.251 e. The number of carbonyl (C=O) groups is 2. The minimum absolute atomic E-state index is 0.00497. The second-order valence-electron chi connectivity index (χ2n) is 6.30. The third-order valence-corrected chi connectivity index (χ3v) is 4.21. The van der Waals surface area contributed by atoms with Crippen molar-refractivity contribution >= 4 is 23.2 Å². The van der Waals surface area contributed by atoms with E-state index < -0.39 is 0 Å². The van der Waals surface area contributed by atoms with E-state index in [1.54, 1.807) is 36.5 Å². The summed E-state index contributed by atoms with van der Waals surface area (Å²) in [5.74, 6) is 0.361. The molecular formula is C22H21N3O2. The van der Waals surface area contributed by atoms with Crippen LogP contribution in [0, 0.1) is 0 Å². The molecule has 3 rings (SSSR count). The Hall–Kier alpha value is -3.47. The Balaban J connectivity index is 1.72. The predicted molar refractivity (Wildman–Crippen MR) is 106 cm³/mol. The first-order valence-corrected chi connectivity index (χ1v) is 8.73. The summed E-state index contributed by atoms with van der Waals surface area (Å²) >= 11 is 0. The van der Waals surface area contributed by atoms with Gasteiger partial charge in [-0.1, -0.05) is 42.5 Å².